The Labute approximate surface area is 109 Å². The molecule has 0 atom stereocenters. The van der Waals surface area contributed by atoms with Crippen LogP contribution in [0.5, 0.6) is 5.75 Å². The van der Waals surface area contributed by atoms with Crippen LogP contribution < -0.4 is 4.74 Å². The Bertz CT molecular complexity index is 536. The lowest BCUT2D eigenvalue weighted by Gasteiger charge is -2.04. The molecule has 0 unspecified atom stereocenters. The molecule has 0 aromatic carbocycles. The van der Waals surface area contributed by atoms with Gasteiger partial charge in [-0.1, -0.05) is 13.0 Å². The molecule has 94 valence electrons. The van der Waals surface area contributed by atoms with Gasteiger partial charge in [0.05, 0.1) is 0 Å². The average Bonchev–Trinajstić information content (AvgIpc) is 2.81. The minimum absolute atomic E-state index is 0.260. The molecule has 4 nitrogen and oxygen atoms in total. The van der Waals surface area contributed by atoms with Gasteiger partial charge in [-0.05, 0) is 18.6 Å². The Balaban J connectivity index is 2.13. The second kappa shape index (κ2) is 5.64. The number of aromatic nitrogens is 1. The molecule has 0 spiro atoms. The lowest BCUT2D eigenvalue weighted by atomic mass is 10.3. The van der Waals surface area contributed by atoms with Crippen LogP contribution in [-0.4, -0.2) is 16.1 Å². The molecule has 0 aliphatic carbocycles. The maximum Gasteiger partial charge on any atom is 0.349 e. The Morgan fingerprint density at radius 2 is 2.39 bits per heavy atom. The molecule has 0 saturated heterocycles. The molecule has 0 saturated carbocycles. The van der Waals surface area contributed by atoms with Crippen LogP contribution in [-0.2, 0) is 13.0 Å². The summed E-state index contributed by atoms with van der Waals surface area (Å²) in [7, 11) is 0. The maximum atomic E-state index is 11.1. The van der Waals surface area contributed by atoms with Gasteiger partial charge in [-0.2, -0.15) is 0 Å². The van der Waals surface area contributed by atoms with Crippen molar-refractivity contribution in [1.82, 2.24) is 4.98 Å². The highest BCUT2D eigenvalue weighted by atomic mass is 32.1. The molecule has 2 heterocycles. The van der Waals surface area contributed by atoms with Crippen LogP contribution in [0.3, 0.4) is 0 Å². The lowest BCUT2D eigenvalue weighted by Crippen LogP contribution is -2.00. The van der Waals surface area contributed by atoms with Crippen LogP contribution in [0.15, 0.2) is 30.6 Å². The number of aromatic carboxylic acids is 1. The van der Waals surface area contributed by atoms with Gasteiger partial charge in [0, 0.05) is 22.8 Å². The topological polar surface area (TPSA) is 59.4 Å². The van der Waals surface area contributed by atoms with Gasteiger partial charge in [0.1, 0.15) is 12.4 Å². The van der Waals surface area contributed by atoms with E-state index in [4.69, 9.17) is 9.84 Å². The van der Waals surface area contributed by atoms with Crippen molar-refractivity contribution in [1.29, 1.82) is 0 Å². The zero-order valence-electron chi connectivity index (χ0n) is 9.92. The van der Waals surface area contributed by atoms with Gasteiger partial charge >= 0.3 is 5.97 Å². The van der Waals surface area contributed by atoms with Crippen molar-refractivity contribution in [2.45, 2.75) is 20.0 Å². The molecule has 0 bridgehead atoms. The van der Waals surface area contributed by atoms with E-state index >= 15 is 0 Å². The first kappa shape index (κ1) is 12.6. The summed E-state index contributed by atoms with van der Waals surface area (Å²) in [5.41, 5.74) is 0.915. The number of pyridine rings is 1. The molecular formula is C13H13NO3S. The minimum Gasteiger partial charge on any atom is -0.487 e. The van der Waals surface area contributed by atoms with E-state index in [0.717, 1.165) is 16.9 Å². The van der Waals surface area contributed by atoms with E-state index in [1.54, 1.807) is 18.5 Å². The SMILES string of the molecule is CCc1cc(OCc2cccnc2)c(C(=O)O)s1. The zero-order valence-corrected chi connectivity index (χ0v) is 10.7. The van der Waals surface area contributed by atoms with Gasteiger partial charge in [-0.3, -0.25) is 4.98 Å². The van der Waals surface area contributed by atoms with Crippen molar-refractivity contribution in [3.8, 4) is 5.75 Å². The number of rotatable bonds is 5. The minimum atomic E-state index is -0.944. The summed E-state index contributed by atoms with van der Waals surface area (Å²) in [5.74, 6) is -0.505. The number of hydrogen-bond donors (Lipinski definition) is 1. The molecule has 0 fully saturated rings. The van der Waals surface area contributed by atoms with Crippen molar-refractivity contribution in [3.05, 3.63) is 45.9 Å². The van der Waals surface area contributed by atoms with Crippen LogP contribution in [0.4, 0.5) is 0 Å². The molecule has 1 N–H and O–H groups in total. The first-order valence-electron chi connectivity index (χ1n) is 5.58. The van der Waals surface area contributed by atoms with Crippen molar-refractivity contribution in [3.63, 3.8) is 0 Å². The highest BCUT2D eigenvalue weighted by Gasteiger charge is 2.16. The van der Waals surface area contributed by atoms with E-state index in [-0.39, 0.29) is 4.88 Å². The first-order valence-corrected chi connectivity index (χ1v) is 6.40. The maximum absolute atomic E-state index is 11.1. The number of aryl methyl sites for hydroxylation is 1. The number of carboxylic acid groups (broad SMARTS) is 1. The summed E-state index contributed by atoms with van der Waals surface area (Å²) in [4.78, 5) is 16.3. The molecule has 2 aromatic rings. The molecule has 18 heavy (non-hydrogen) atoms. The summed E-state index contributed by atoms with van der Waals surface area (Å²) in [5, 5.41) is 9.09. The number of carbonyl (C=O) groups is 1. The second-order valence-corrected chi connectivity index (χ2v) is 4.85. The van der Waals surface area contributed by atoms with E-state index in [9.17, 15) is 4.79 Å². The molecule has 0 aliphatic heterocycles. The van der Waals surface area contributed by atoms with Gasteiger partial charge in [0.15, 0.2) is 4.88 Å². The lowest BCUT2D eigenvalue weighted by molar-refractivity contribution is 0.0697. The smallest absolute Gasteiger partial charge is 0.349 e. The van der Waals surface area contributed by atoms with Crippen LogP contribution in [0, 0.1) is 0 Å². The van der Waals surface area contributed by atoms with Gasteiger partial charge in [-0.15, -0.1) is 11.3 Å². The summed E-state index contributed by atoms with van der Waals surface area (Å²) in [6, 6.07) is 5.51. The number of hydrogen-bond acceptors (Lipinski definition) is 4. The fourth-order valence-corrected chi connectivity index (χ4v) is 2.38. The molecule has 0 amide bonds. The van der Waals surface area contributed by atoms with Crippen molar-refractivity contribution in [2.24, 2.45) is 0 Å². The van der Waals surface area contributed by atoms with Gasteiger partial charge in [0.2, 0.25) is 0 Å². The molecule has 0 aliphatic rings. The van der Waals surface area contributed by atoms with Gasteiger partial charge in [-0.25, -0.2) is 4.79 Å². The number of thiophene rings is 1. The predicted octanol–water partition coefficient (Wildman–Crippen LogP) is 2.98. The monoisotopic (exact) mass is 263 g/mol. The van der Waals surface area contributed by atoms with Crippen LogP contribution in [0.25, 0.3) is 0 Å². The predicted molar refractivity (Wildman–Crippen MR) is 69.2 cm³/mol. The summed E-state index contributed by atoms with van der Waals surface area (Å²) in [6.07, 6.45) is 4.20. The Morgan fingerprint density at radius 1 is 1.56 bits per heavy atom. The highest BCUT2D eigenvalue weighted by molar-refractivity contribution is 7.14. The quantitative estimate of drug-likeness (QED) is 0.901. The highest BCUT2D eigenvalue weighted by Crippen LogP contribution is 2.30. The standard InChI is InChI=1S/C13H13NO3S/c1-2-10-6-11(12(18-10)13(15)16)17-8-9-4-3-5-14-7-9/h3-7H,2,8H2,1H3,(H,15,16). The van der Waals surface area contributed by atoms with E-state index < -0.39 is 5.97 Å². The van der Waals surface area contributed by atoms with Crippen molar-refractivity contribution >= 4 is 17.3 Å². The van der Waals surface area contributed by atoms with Gasteiger partial charge in [0.25, 0.3) is 0 Å². The van der Waals surface area contributed by atoms with Crippen LogP contribution in [0.2, 0.25) is 0 Å². The van der Waals surface area contributed by atoms with Crippen LogP contribution >= 0.6 is 11.3 Å². The summed E-state index contributed by atoms with van der Waals surface area (Å²) < 4.78 is 5.56. The molecule has 0 radical (unpaired) electrons. The van der Waals surface area contributed by atoms with E-state index in [0.29, 0.717) is 12.4 Å². The first-order chi connectivity index (χ1) is 8.70. The van der Waals surface area contributed by atoms with E-state index in [1.165, 1.54) is 11.3 Å². The van der Waals surface area contributed by atoms with E-state index in [1.807, 2.05) is 19.1 Å². The summed E-state index contributed by atoms with van der Waals surface area (Å²) >= 11 is 1.26. The Hall–Kier alpha value is -1.88. The average molecular weight is 263 g/mol. The molecular weight excluding hydrogens is 250 g/mol. The van der Waals surface area contributed by atoms with Crippen molar-refractivity contribution in [2.75, 3.05) is 0 Å². The fourth-order valence-electron chi connectivity index (χ4n) is 1.50. The third-order valence-corrected chi connectivity index (χ3v) is 3.66. The molecule has 2 rings (SSSR count). The fraction of sp³-hybridized carbons (Fsp3) is 0.231. The second-order valence-electron chi connectivity index (χ2n) is 3.71. The third kappa shape index (κ3) is 2.87. The largest absolute Gasteiger partial charge is 0.487 e. The van der Waals surface area contributed by atoms with Gasteiger partial charge < -0.3 is 9.84 Å². The van der Waals surface area contributed by atoms with Crippen molar-refractivity contribution < 1.29 is 14.6 Å². The molecule has 2 aromatic heterocycles. The third-order valence-electron chi connectivity index (χ3n) is 2.41. The van der Waals surface area contributed by atoms with E-state index in [2.05, 4.69) is 4.98 Å². The normalized spacial score (nSPS) is 10.3. The zero-order chi connectivity index (χ0) is 13.0. The molecule has 5 heteroatoms. The Morgan fingerprint density at radius 3 is 3.00 bits per heavy atom. The number of carboxylic acids is 1. The number of ether oxygens (including phenoxy) is 1. The number of nitrogens with zero attached hydrogens (tertiary/aromatic N) is 1. The Kier molecular flexibility index (Phi) is 3.94. The van der Waals surface area contributed by atoms with Crippen LogP contribution in [0.1, 0.15) is 27.0 Å². The summed E-state index contributed by atoms with van der Waals surface area (Å²) in [6.45, 7) is 2.32.